The molecule has 33 heavy (non-hydrogen) atoms. The third-order valence-corrected chi connectivity index (χ3v) is 8.02. The Morgan fingerprint density at radius 3 is 2.67 bits per heavy atom. The molecule has 0 radical (unpaired) electrons. The number of nitrogens with one attached hydrogen (secondary N) is 1. The number of fused-ring (bicyclic) bond motifs is 2. The molecule has 3 aromatic heterocycles. The summed E-state index contributed by atoms with van der Waals surface area (Å²) in [6, 6.07) is 14.4. The molecule has 0 spiro atoms. The molecular formula is C22H19N5O3S3. The number of rotatable bonds is 6. The largest absolute Gasteiger partial charge is 0.319 e. The topological polar surface area (TPSA) is 124 Å². The van der Waals surface area contributed by atoms with Crippen LogP contribution in [0.25, 0.3) is 32.4 Å². The molecule has 0 bridgehead atoms. The van der Waals surface area contributed by atoms with Gasteiger partial charge in [0.05, 0.1) is 27.1 Å². The second-order valence-electron chi connectivity index (χ2n) is 7.33. The van der Waals surface area contributed by atoms with Gasteiger partial charge in [-0.3, -0.25) is 4.79 Å². The Hall–Kier alpha value is -2.99. The maximum absolute atomic E-state index is 12.9. The fourth-order valence-electron chi connectivity index (χ4n) is 3.71. The SMILES string of the molecule is CCn1c(SCc2nc3scc(-c4ccccc4)c3c(=O)[nH]2)nc2cc(S(N)(=O)=O)ccc21. The fourth-order valence-corrected chi connectivity index (χ4v) is 6.15. The van der Waals surface area contributed by atoms with Gasteiger partial charge in [-0.25, -0.2) is 23.5 Å². The molecule has 0 aliphatic carbocycles. The van der Waals surface area contributed by atoms with Crippen LogP contribution in [0, 0.1) is 0 Å². The number of H-pyrrole nitrogens is 1. The molecule has 3 N–H and O–H groups in total. The number of hydrogen-bond acceptors (Lipinski definition) is 7. The average molecular weight is 498 g/mol. The monoisotopic (exact) mass is 497 g/mol. The van der Waals surface area contributed by atoms with Gasteiger partial charge in [0, 0.05) is 17.5 Å². The number of sulfonamides is 1. The normalized spacial score (nSPS) is 12.1. The average Bonchev–Trinajstić information content (AvgIpc) is 3.38. The van der Waals surface area contributed by atoms with Crippen molar-refractivity contribution in [1.82, 2.24) is 19.5 Å². The summed E-state index contributed by atoms with van der Waals surface area (Å²) in [6.45, 7) is 2.64. The van der Waals surface area contributed by atoms with Crippen LogP contribution in [-0.4, -0.2) is 27.9 Å². The van der Waals surface area contributed by atoms with Gasteiger partial charge in [0.25, 0.3) is 5.56 Å². The Labute approximate surface area is 197 Å². The summed E-state index contributed by atoms with van der Waals surface area (Å²) in [5.74, 6) is 0.966. The summed E-state index contributed by atoms with van der Waals surface area (Å²) in [6.07, 6.45) is 0. The maximum Gasteiger partial charge on any atom is 0.260 e. The number of imidazole rings is 1. The van der Waals surface area contributed by atoms with Crippen LogP contribution in [0.1, 0.15) is 12.7 Å². The maximum atomic E-state index is 12.9. The van der Waals surface area contributed by atoms with Crippen LogP contribution in [0.15, 0.2) is 68.8 Å². The summed E-state index contributed by atoms with van der Waals surface area (Å²) >= 11 is 2.87. The second kappa shape index (κ2) is 8.41. The Morgan fingerprint density at radius 1 is 1.15 bits per heavy atom. The molecule has 0 aliphatic heterocycles. The van der Waals surface area contributed by atoms with Gasteiger partial charge in [0.2, 0.25) is 10.0 Å². The third-order valence-electron chi connectivity index (χ3n) is 5.25. The highest BCUT2D eigenvalue weighted by molar-refractivity contribution is 7.98. The van der Waals surface area contributed by atoms with Gasteiger partial charge in [-0.1, -0.05) is 42.1 Å². The third kappa shape index (κ3) is 4.08. The number of benzene rings is 2. The number of hydrogen-bond donors (Lipinski definition) is 2. The van der Waals surface area contributed by atoms with Crippen molar-refractivity contribution in [1.29, 1.82) is 0 Å². The summed E-state index contributed by atoms with van der Waals surface area (Å²) < 4.78 is 25.3. The van der Waals surface area contributed by atoms with Gasteiger partial charge < -0.3 is 9.55 Å². The van der Waals surface area contributed by atoms with E-state index in [2.05, 4.69) is 15.0 Å². The van der Waals surface area contributed by atoms with E-state index in [1.165, 1.54) is 35.2 Å². The zero-order chi connectivity index (χ0) is 23.2. The number of primary sulfonamides is 1. The first-order valence-electron chi connectivity index (χ1n) is 10.1. The molecule has 0 atom stereocenters. The lowest BCUT2D eigenvalue weighted by molar-refractivity contribution is 0.598. The van der Waals surface area contributed by atoms with Gasteiger partial charge in [-0.15, -0.1) is 11.3 Å². The molecule has 0 aliphatic rings. The van der Waals surface area contributed by atoms with E-state index in [0.29, 0.717) is 39.0 Å². The minimum absolute atomic E-state index is 0.0238. The molecule has 168 valence electrons. The first-order chi connectivity index (χ1) is 15.8. The highest BCUT2D eigenvalue weighted by Crippen LogP contribution is 2.32. The van der Waals surface area contributed by atoms with Gasteiger partial charge in [-0.2, -0.15) is 0 Å². The van der Waals surface area contributed by atoms with Crippen molar-refractivity contribution in [2.24, 2.45) is 5.14 Å². The number of aryl methyl sites for hydroxylation is 1. The number of aromatic amines is 1. The summed E-state index contributed by atoms with van der Waals surface area (Å²) in [5, 5.41) is 8.51. The Morgan fingerprint density at radius 2 is 1.94 bits per heavy atom. The van der Waals surface area contributed by atoms with E-state index in [-0.39, 0.29) is 10.5 Å². The van der Waals surface area contributed by atoms with Crippen LogP contribution in [0.2, 0.25) is 0 Å². The van der Waals surface area contributed by atoms with Crippen LogP contribution in [-0.2, 0) is 22.3 Å². The summed E-state index contributed by atoms with van der Waals surface area (Å²) in [4.78, 5) is 25.7. The van der Waals surface area contributed by atoms with E-state index < -0.39 is 10.0 Å². The van der Waals surface area contributed by atoms with Gasteiger partial charge in [-0.05, 0) is 30.7 Å². The van der Waals surface area contributed by atoms with Crippen LogP contribution in [0.4, 0.5) is 0 Å². The molecule has 0 amide bonds. The lowest BCUT2D eigenvalue weighted by atomic mass is 10.1. The lowest BCUT2D eigenvalue weighted by Crippen LogP contribution is -2.11. The minimum Gasteiger partial charge on any atom is -0.319 e. The standard InChI is InChI=1S/C22H19N5O3S3/c1-2-27-17-9-8-14(33(23,29)30)10-16(17)24-22(27)32-12-18-25-20(28)19-15(11-31-21(19)26-18)13-6-4-3-5-7-13/h3-11H,2,12H2,1H3,(H2,23,29,30)(H,25,26,28). The highest BCUT2D eigenvalue weighted by Gasteiger charge is 2.16. The Balaban J connectivity index is 1.47. The van der Waals surface area contributed by atoms with Gasteiger partial charge >= 0.3 is 0 Å². The summed E-state index contributed by atoms with van der Waals surface area (Å²) in [5.41, 5.74) is 3.05. The highest BCUT2D eigenvalue weighted by atomic mass is 32.2. The molecule has 3 heterocycles. The summed E-state index contributed by atoms with van der Waals surface area (Å²) in [7, 11) is -3.81. The molecule has 0 saturated heterocycles. The quantitative estimate of drug-likeness (QED) is 0.342. The zero-order valence-electron chi connectivity index (χ0n) is 17.5. The first kappa shape index (κ1) is 21.8. The fraction of sp³-hybridized carbons (Fsp3) is 0.136. The van der Waals surface area contributed by atoms with Crippen molar-refractivity contribution in [3.63, 3.8) is 0 Å². The first-order valence-corrected chi connectivity index (χ1v) is 13.5. The lowest BCUT2D eigenvalue weighted by Gasteiger charge is -2.06. The van der Waals surface area contributed by atoms with Crippen molar-refractivity contribution in [3.05, 3.63) is 70.1 Å². The van der Waals surface area contributed by atoms with Crippen molar-refractivity contribution in [2.75, 3.05) is 0 Å². The van der Waals surface area contributed by atoms with E-state index in [4.69, 9.17) is 5.14 Å². The minimum atomic E-state index is -3.81. The van der Waals surface area contributed by atoms with E-state index in [1.807, 2.05) is 47.2 Å². The number of thiophene rings is 1. The molecule has 0 saturated carbocycles. The predicted octanol–water partition coefficient (Wildman–Crippen LogP) is 3.96. The van der Waals surface area contributed by atoms with Crippen molar-refractivity contribution in [3.8, 4) is 11.1 Å². The predicted molar refractivity (Wildman–Crippen MR) is 132 cm³/mol. The Kier molecular flexibility index (Phi) is 5.57. The van der Waals surface area contributed by atoms with Crippen LogP contribution in [0.5, 0.6) is 0 Å². The zero-order valence-corrected chi connectivity index (χ0v) is 19.9. The Bertz CT molecular complexity index is 1650. The molecule has 5 rings (SSSR count). The molecular weight excluding hydrogens is 478 g/mol. The molecule has 2 aromatic carbocycles. The van der Waals surface area contributed by atoms with Gasteiger partial charge in [0.1, 0.15) is 10.7 Å². The van der Waals surface area contributed by atoms with E-state index in [1.54, 1.807) is 6.07 Å². The van der Waals surface area contributed by atoms with Crippen LogP contribution in [0.3, 0.4) is 0 Å². The smallest absolute Gasteiger partial charge is 0.260 e. The molecule has 11 heteroatoms. The van der Waals surface area contributed by atoms with E-state index in [9.17, 15) is 13.2 Å². The van der Waals surface area contributed by atoms with Crippen molar-refractivity contribution >= 4 is 54.4 Å². The second-order valence-corrected chi connectivity index (χ2v) is 10.7. The van der Waals surface area contributed by atoms with Crippen LogP contribution < -0.4 is 10.7 Å². The van der Waals surface area contributed by atoms with E-state index in [0.717, 1.165) is 16.6 Å². The number of nitrogens with two attached hydrogens (primary N) is 1. The number of thioether (sulfide) groups is 1. The number of aromatic nitrogens is 4. The van der Waals surface area contributed by atoms with Crippen molar-refractivity contribution < 1.29 is 8.42 Å². The number of nitrogens with zero attached hydrogens (tertiary/aromatic N) is 3. The van der Waals surface area contributed by atoms with Crippen LogP contribution >= 0.6 is 23.1 Å². The van der Waals surface area contributed by atoms with Gasteiger partial charge in [0.15, 0.2) is 5.16 Å². The molecule has 5 aromatic rings. The van der Waals surface area contributed by atoms with E-state index >= 15 is 0 Å². The molecule has 0 unspecified atom stereocenters. The molecule has 0 fully saturated rings. The van der Waals surface area contributed by atoms with Crippen molar-refractivity contribution in [2.45, 2.75) is 29.3 Å². The molecule has 8 nitrogen and oxygen atoms in total.